The zero-order valence-corrected chi connectivity index (χ0v) is 9.98. The van der Waals surface area contributed by atoms with Crippen LogP contribution >= 0.6 is 0 Å². The third-order valence-corrected chi connectivity index (χ3v) is 0. The predicted molar refractivity (Wildman–Crippen MR) is 27.7 cm³/mol. The van der Waals surface area contributed by atoms with Gasteiger partial charge in [-0.1, -0.05) is 0 Å². The van der Waals surface area contributed by atoms with Gasteiger partial charge in [-0.05, 0) is 0 Å². The van der Waals surface area contributed by atoms with Gasteiger partial charge in [0.1, 0.15) is 0 Å². The van der Waals surface area contributed by atoms with Gasteiger partial charge in [0.2, 0.25) is 10.1 Å². The molecule has 1 nitrogen and oxygen atoms in total. The average molecular weight is 348 g/mol. The van der Waals surface area contributed by atoms with Crippen molar-refractivity contribution in [2.45, 2.75) is 0 Å². The zero-order valence-electron chi connectivity index (χ0n) is 2.12. The van der Waals surface area contributed by atoms with E-state index in [2.05, 4.69) is 0 Å². The Morgan fingerprint density at radius 1 is 1.20 bits per heavy atom. The molecule has 0 aromatic rings. The van der Waals surface area contributed by atoms with E-state index < -0.39 is 0 Å². The maximum absolute atomic E-state index is 8.28. The number of hydrogen-bond acceptors (Lipinski definition) is 1. The van der Waals surface area contributed by atoms with Gasteiger partial charge in [0, 0.05) is 17.1 Å². The molecule has 0 aromatic heterocycles. The molecular weight excluding hydrogens is 341 g/mol. The molecule has 0 unspecified atom stereocenters. The van der Waals surface area contributed by atoms with Crippen molar-refractivity contribution in [3.8, 4) is 0 Å². The van der Waals surface area contributed by atoms with E-state index in [0.29, 0.717) is 10.1 Å². The Hall–Kier alpha value is 2.19. The van der Waals surface area contributed by atoms with E-state index in [1.54, 1.807) is 0 Å². The van der Waals surface area contributed by atoms with E-state index in [9.17, 15) is 0 Å². The van der Waals surface area contributed by atoms with Gasteiger partial charge < -0.3 is 4.46 Å². The van der Waals surface area contributed by atoms with Crippen LogP contribution in [0, 0.1) is 0 Å². The average Bonchev–Trinajstić information content (AvgIpc) is 1.00. The summed E-state index contributed by atoms with van der Waals surface area (Å²) < 4.78 is 8.28. The maximum atomic E-state index is 8.28. The summed E-state index contributed by atoms with van der Waals surface area (Å²) in [4.78, 5) is 0. The second-order valence-corrected chi connectivity index (χ2v) is 0. The van der Waals surface area contributed by atoms with Gasteiger partial charge >= 0.3 is 49.3 Å². The molecule has 0 amide bonds. The van der Waals surface area contributed by atoms with Gasteiger partial charge in [-0.15, -0.1) is 0 Å². The standard InChI is InChI=1S/Bi.Cu.Mg.H2OSi.5H/c;;;1-2;;;;;/h;;;2H2;;;;;. The van der Waals surface area contributed by atoms with Gasteiger partial charge in [-0.2, -0.15) is 0 Å². The molecule has 1 radical (unpaired) electrons. The summed E-state index contributed by atoms with van der Waals surface area (Å²) >= 11 is 0. The number of hydrogen-bond donors (Lipinski definition) is 0. The molecule has 5 heavy (non-hydrogen) atoms. The summed E-state index contributed by atoms with van der Waals surface area (Å²) in [5.74, 6) is 0. The first-order valence-electron chi connectivity index (χ1n) is 0.289. The molecule has 0 aliphatic heterocycles. The quantitative estimate of drug-likeness (QED) is 0.423. The van der Waals surface area contributed by atoms with Gasteiger partial charge in [0.05, 0.1) is 0 Å². The molecule has 0 aliphatic rings. The van der Waals surface area contributed by atoms with Crippen molar-refractivity contribution >= 4 is 59.4 Å². The van der Waals surface area contributed by atoms with Crippen LogP contribution < -0.4 is 0 Å². The number of rotatable bonds is 0. The zero-order chi connectivity index (χ0) is 2.00. The van der Waals surface area contributed by atoms with Gasteiger partial charge in [-0.3, -0.25) is 0 Å². The third kappa shape index (κ3) is 22.7. The molecule has 5 heteroatoms. The SMILES string of the molecule is O=[SiH2].[BiH3].[Cu].[MgH2]. The van der Waals surface area contributed by atoms with Crippen molar-refractivity contribution in [3.63, 3.8) is 0 Å². The Kier molecular flexibility index (Phi) is 189. The fourth-order valence-electron chi connectivity index (χ4n) is 0. The van der Waals surface area contributed by atoms with Gasteiger partial charge in [0.15, 0.2) is 0 Å². The Labute approximate surface area is 79.9 Å². The molecule has 0 spiro atoms. The molecule has 0 fully saturated rings. The minimum absolute atomic E-state index is 0. The molecule has 0 atom stereocenters. The van der Waals surface area contributed by atoms with Crippen LogP contribution in [-0.2, 0) is 21.5 Å². The van der Waals surface area contributed by atoms with Crippen LogP contribution in [0.3, 0.4) is 0 Å². The first kappa shape index (κ1) is 27.1. The monoisotopic (exact) mass is 347 g/mol. The summed E-state index contributed by atoms with van der Waals surface area (Å²) in [5, 5.41) is 0. The van der Waals surface area contributed by atoms with E-state index in [0.717, 1.165) is 0 Å². The second kappa shape index (κ2) is 34.8. The van der Waals surface area contributed by atoms with Crippen molar-refractivity contribution in [2.75, 3.05) is 0 Å². The fourth-order valence-corrected chi connectivity index (χ4v) is 0. The van der Waals surface area contributed by atoms with Crippen molar-refractivity contribution < 1.29 is 21.5 Å². The third-order valence-electron chi connectivity index (χ3n) is 0. The Morgan fingerprint density at radius 2 is 1.20 bits per heavy atom. The molecular formula is H7BiCuMgOSi. The van der Waals surface area contributed by atoms with Gasteiger partial charge in [-0.25, -0.2) is 0 Å². The minimum atomic E-state index is 0. The van der Waals surface area contributed by atoms with Crippen LogP contribution in [0.15, 0.2) is 0 Å². The van der Waals surface area contributed by atoms with Crippen LogP contribution in [0.1, 0.15) is 0 Å². The summed E-state index contributed by atoms with van der Waals surface area (Å²) in [6, 6.07) is 0. The van der Waals surface area contributed by atoms with E-state index in [-0.39, 0.29) is 66.3 Å². The van der Waals surface area contributed by atoms with Crippen LogP contribution in [0.25, 0.3) is 0 Å². The van der Waals surface area contributed by atoms with Crippen molar-refractivity contribution in [1.82, 2.24) is 0 Å². The molecule has 0 N–H and O–H groups in total. The molecule has 35 valence electrons. The van der Waals surface area contributed by atoms with E-state index in [1.807, 2.05) is 0 Å². The van der Waals surface area contributed by atoms with Gasteiger partial charge in [0.25, 0.3) is 0 Å². The van der Waals surface area contributed by atoms with Crippen LogP contribution in [0.2, 0.25) is 0 Å². The predicted octanol–water partition coefficient (Wildman–Crippen LogP) is -3.14. The normalized spacial score (nSPS) is 0.800. The van der Waals surface area contributed by atoms with Crippen molar-refractivity contribution in [3.05, 3.63) is 0 Å². The molecule has 0 rings (SSSR count). The molecule has 0 saturated carbocycles. The van der Waals surface area contributed by atoms with E-state index >= 15 is 0 Å². The van der Waals surface area contributed by atoms with Crippen molar-refractivity contribution in [1.29, 1.82) is 0 Å². The van der Waals surface area contributed by atoms with Crippen molar-refractivity contribution in [2.24, 2.45) is 0 Å². The van der Waals surface area contributed by atoms with E-state index in [4.69, 9.17) is 4.46 Å². The van der Waals surface area contributed by atoms with Crippen LogP contribution in [-0.4, -0.2) is 59.4 Å². The summed E-state index contributed by atoms with van der Waals surface area (Å²) in [7, 11) is 0.611. The molecule has 0 saturated heterocycles. The second-order valence-electron chi connectivity index (χ2n) is 0. The maximum Gasteiger partial charge on any atom is 0.316 e. The van der Waals surface area contributed by atoms with Crippen LogP contribution in [0.4, 0.5) is 0 Å². The summed E-state index contributed by atoms with van der Waals surface area (Å²) in [6.07, 6.45) is 0. The topological polar surface area (TPSA) is 17.1 Å². The fraction of sp³-hybridized carbons (Fsp3) is 0. The molecule has 0 bridgehead atoms. The first-order chi connectivity index (χ1) is 1.00. The Bertz CT molecular complexity index is 11.6. The minimum Gasteiger partial charge on any atom is 0 e. The smallest absolute Gasteiger partial charge is 0 e. The molecule has 0 heterocycles. The summed E-state index contributed by atoms with van der Waals surface area (Å²) in [6.45, 7) is 0. The Balaban J connectivity index is -0.00000000167. The molecule has 0 aliphatic carbocycles. The van der Waals surface area contributed by atoms with Crippen LogP contribution in [0.5, 0.6) is 0 Å². The molecule has 0 aromatic carbocycles. The summed E-state index contributed by atoms with van der Waals surface area (Å²) in [5.41, 5.74) is 0. The van der Waals surface area contributed by atoms with E-state index in [1.165, 1.54) is 0 Å². The Morgan fingerprint density at radius 3 is 1.20 bits per heavy atom. The largest absolute Gasteiger partial charge is 0.316 e. The first-order valence-corrected chi connectivity index (χ1v) is 0.866.